The van der Waals surface area contributed by atoms with Gasteiger partial charge in [-0.1, -0.05) is 24.2 Å². The van der Waals surface area contributed by atoms with E-state index in [1.165, 1.54) is 18.2 Å². The number of hydrogen-bond donors (Lipinski definition) is 3. The Morgan fingerprint density at radius 2 is 2.10 bits per heavy atom. The first-order valence-corrected chi connectivity index (χ1v) is 6.18. The van der Waals surface area contributed by atoms with Crippen molar-refractivity contribution in [2.24, 2.45) is 0 Å². The van der Waals surface area contributed by atoms with Gasteiger partial charge in [-0.25, -0.2) is 9.18 Å². The van der Waals surface area contributed by atoms with E-state index in [2.05, 4.69) is 6.58 Å². The maximum absolute atomic E-state index is 13.9. The third kappa shape index (κ3) is 2.35. The van der Waals surface area contributed by atoms with Gasteiger partial charge in [0.05, 0.1) is 5.57 Å². The van der Waals surface area contributed by atoms with Crippen LogP contribution < -0.4 is 0 Å². The molecule has 1 aliphatic rings. The monoisotopic (exact) mass is 298 g/mol. The van der Waals surface area contributed by atoms with Crippen molar-refractivity contribution in [2.75, 3.05) is 0 Å². The number of carbonyl (C=O) groups is 1. The highest BCUT2D eigenvalue weighted by Crippen LogP contribution is 2.46. The normalized spacial score (nSPS) is 19.1. The Morgan fingerprint density at radius 3 is 2.55 bits per heavy atom. The zero-order valence-electron chi connectivity index (χ0n) is 10.3. The highest BCUT2D eigenvalue weighted by molar-refractivity contribution is 6.31. The van der Waals surface area contributed by atoms with Crippen LogP contribution in [0.3, 0.4) is 0 Å². The molecule has 0 saturated carbocycles. The molecule has 1 unspecified atom stereocenters. The van der Waals surface area contributed by atoms with Crippen LogP contribution in [0.15, 0.2) is 41.5 Å². The van der Waals surface area contributed by atoms with Crippen LogP contribution in [0.25, 0.3) is 0 Å². The fourth-order valence-corrected chi connectivity index (χ4v) is 2.75. The zero-order valence-corrected chi connectivity index (χ0v) is 11.1. The number of hydrogen-bond acceptors (Lipinski definition) is 3. The second-order valence-corrected chi connectivity index (χ2v) is 4.90. The Bertz CT molecular complexity index is 601. The third-order valence-corrected chi connectivity index (χ3v) is 3.69. The standard InChI is InChI=1S/C14H12ClFO4/c1-6-7(12-9(15)3-2-4-10(12)16)5-8(13(17)18)11(6)14(19)20/h2-4,7,13,17-18H,1,5H2,(H,19,20). The van der Waals surface area contributed by atoms with E-state index in [0.29, 0.717) is 0 Å². The summed E-state index contributed by atoms with van der Waals surface area (Å²) in [4.78, 5) is 11.2. The molecule has 4 nitrogen and oxygen atoms in total. The Hall–Kier alpha value is -1.69. The fraction of sp³-hybridized carbons (Fsp3) is 0.214. The smallest absolute Gasteiger partial charge is 0.336 e. The van der Waals surface area contributed by atoms with Gasteiger partial charge in [-0.3, -0.25) is 0 Å². The van der Waals surface area contributed by atoms with Crippen LogP contribution in [0.4, 0.5) is 4.39 Å². The van der Waals surface area contributed by atoms with E-state index >= 15 is 0 Å². The lowest BCUT2D eigenvalue weighted by molar-refractivity contribution is -0.132. The number of rotatable bonds is 3. The summed E-state index contributed by atoms with van der Waals surface area (Å²) >= 11 is 5.96. The lowest BCUT2D eigenvalue weighted by atomic mass is 9.91. The number of aliphatic carboxylic acids is 1. The molecule has 0 heterocycles. The largest absolute Gasteiger partial charge is 0.478 e. The van der Waals surface area contributed by atoms with Gasteiger partial charge in [-0.05, 0) is 24.1 Å². The lowest BCUT2D eigenvalue weighted by Crippen LogP contribution is -2.12. The molecule has 0 amide bonds. The first-order valence-electron chi connectivity index (χ1n) is 5.80. The molecule has 0 bridgehead atoms. The van der Waals surface area contributed by atoms with Gasteiger partial charge in [0.2, 0.25) is 0 Å². The molecule has 0 fully saturated rings. The number of benzene rings is 1. The van der Waals surface area contributed by atoms with E-state index in [4.69, 9.17) is 16.7 Å². The summed E-state index contributed by atoms with van der Waals surface area (Å²) in [6.07, 6.45) is -1.97. The molecule has 0 aromatic heterocycles. The minimum absolute atomic E-state index is 0.0429. The lowest BCUT2D eigenvalue weighted by Gasteiger charge is -2.15. The SMILES string of the molecule is C=C1C(C(=O)O)=C(C(O)O)CC1c1c(F)cccc1Cl. The maximum Gasteiger partial charge on any atom is 0.336 e. The van der Waals surface area contributed by atoms with Gasteiger partial charge in [0.15, 0.2) is 6.29 Å². The molecule has 0 radical (unpaired) electrons. The van der Waals surface area contributed by atoms with E-state index in [1.54, 1.807) is 0 Å². The summed E-state index contributed by atoms with van der Waals surface area (Å²) in [6.45, 7) is 3.64. The quantitative estimate of drug-likeness (QED) is 0.748. The predicted molar refractivity (Wildman–Crippen MR) is 70.8 cm³/mol. The first-order chi connectivity index (χ1) is 9.34. The van der Waals surface area contributed by atoms with Crippen LogP contribution in [0.5, 0.6) is 0 Å². The molecule has 1 atom stereocenters. The molecule has 1 aliphatic carbocycles. The van der Waals surface area contributed by atoms with Crippen LogP contribution in [-0.2, 0) is 4.79 Å². The van der Waals surface area contributed by atoms with Gasteiger partial charge in [0.1, 0.15) is 5.82 Å². The summed E-state index contributed by atoms with van der Waals surface area (Å²) in [5, 5.41) is 27.8. The minimum atomic E-state index is -1.92. The summed E-state index contributed by atoms with van der Waals surface area (Å²) in [7, 11) is 0. The van der Waals surface area contributed by atoms with Gasteiger partial charge in [-0.15, -0.1) is 0 Å². The molecular weight excluding hydrogens is 287 g/mol. The number of aliphatic hydroxyl groups is 2. The minimum Gasteiger partial charge on any atom is -0.478 e. The summed E-state index contributed by atoms with van der Waals surface area (Å²) < 4.78 is 13.9. The van der Waals surface area contributed by atoms with Gasteiger partial charge < -0.3 is 15.3 Å². The van der Waals surface area contributed by atoms with Gasteiger partial charge in [-0.2, -0.15) is 0 Å². The maximum atomic E-state index is 13.9. The second kappa shape index (κ2) is 5.36. The molecule has 106 valence electrons. The first kappa shape index (κ1) is 14.7. The fourth-order valence-electron chi connectivity index (χ4n) is 2.45. The van der Waals surface area contributed by atoms with Crippen molar-refractivity contribution in [3.8, 4) is 0 Å². The van der Waals surface area contributed by atoms with Crippen molar-refractivity contribution in [2.45, 2.75) is 18.6 Å². The Kier molecular flexibility index (Phi) is 3.94. The molecule has 0 aliphatic heterocycles. The van der Waals surface area contributed by atoms with E-state index in [9.17, 15) is 19.4 Å². The topological polar surface area (TPSA) is 77.8 Å². The average Bonchev–Trinajstić information content (AvgIpc) is 2.67. The molecule has 0 spiro atoms. The molecule has 6 heteroatoms. The Labute approximate surface area is 119 Å². The Balaban J connectivity index is 2.50. The molecule has 1 aromatic rings. The highest BCUT2D eigenvalue weighted by atomic mass is 35.5. The van der Waals surface area contributed by atoms with Crippen LogP contribution in [0.1, 0.15) is 17.9 Å². The van der Waals surface area contributed by atoms with Crippen LogP contribution in [0.2, 0.25) is 5.02 Å². The van der Waals surface area contributed by atoms with Gasteiger partial charge >= 0.3 is 5.97 Å². The number of carboxylic acids is 1. The van der Waals surface area contributed by atoms with Crippen LogP contribution >= 0.6 is 11.6 Å². The number of aliphatic hydroxyl groups excluding tert-OH is 1. The average molecular weight is 299 g/mol. The third-order valence-electron chi connectivity index (χ3n) is 3.36. The van der Waals surface area contributed by atoms with E-state index in [1.807, 2.05) is 0 Å². The van der Waals surface area contributed by atoms with Crippen molar-refractivity contribution < 1.29 is 24.5 Å². The van der Waals surface area contributed by atoms with Crippen molar-refractivity contribution in [3.05, 3.63) is 57.9 Å². The summed E-state index contributed by atoms with van der Waals surface area (Å²) in [5.74, 6) is -2.62. The van der Waals surface area contributed by atoms with Crippen LogP contribution in [0, 0.1) is 5.82 Å². The zero-order chi connectivity index (χ0) is 15.0. The van der Waals surface area contributed by atoms with Gasteiger partial charge in [0, 0.05) is 22.1 Å². The summed E-state index contributed by atoms with van der Waals surface area (Å²) in [5.41, 5.74) is -0.127. The molecule has 2 rings (SSSR count). The van der Waals surface area contributed by atoms with Gasteiger partial charge in [0.25, 0.3) is 0 Å². The van der Waals surface area contributed by atoms with Crippen molar-refractivity contribution in [1.29, 1.82) is 0 Å². The number of carboxylic acid groups (broad SMARTS) is 1. The molecule has 1 aromatic carbocycles. The molecule has 20 heavy (non-hydrogen) atoms. The highest BCUT2D eigenvalue weighted by Gasteiger charge is 2.37. The molecular formula is C14H12ClFO4. The van der Waals surface area contributed by atoms with E-state index in [-0.39, 0.29) is 33.7 Å². The molecule has 3 N–H and O–H groups in total. The predicted octanol–water partition coefficient (Wildman–Crippen LogP) is 2.21. The Morgan fingerprint density at radius 1 is 1.45 bits per heavy atom. The van der Waals surface area contributed by atoms with Crippen LogP contribution in [-0.4, -0.2) is 27.6 Å². The van der Waals surface area contributed by atoms with Crippen molar-refractivity contribution in [3.63, 3.8) is 0 Å². The van der Waals surface area contributed by atoms with E-state index < -0.39 is 24.0 Å². The summed E-state index contributed by atoms with van der Waals surface area (Å²) in [6, 6.07) is 4.13. The van der Waals surface area contributed by atoms with Crippen molar-refractivity contribution >= 4 is 17.6 Å². The number of halogens is 2. The van der Waals surface area contributed by atoms with Crippen molar-refractivity contribution in [1.82, 2.24) is 0 Å². The molecule has 0 saturated heterocycles. The van der Waals surface area contributed by atoms with E-state index in [0.717, 1.165) is 0 Å². The second-order valence-electron chi connectivity index (χ2n) is 4.50.